The SMILES string of the molecule is [B]1c2cc3c(cc2N(c2ccc4c(c2)sc2ccccc24)c2cc(-c4ccccc4)cc(-c4c(Nc5ccc(-c6ccccc6)cc5)ccc5ccccc45)c21)sc1ccccc13. The Balaban J connectivity index is 1.08. The molecule has 0 spiro atoms. The van der Waals surface area contributed by atoms with Crippen LogP contribution in [0.1, 0.15) is 0 Å². The molecule has 0 saturated heterocycles. The first-order valence-corrected chi connectivity index (χ1v) is 23.0. The van der Waals surface area contributed by atoms with Crippen molar-refractivity contribution in [2.45, 2.75) is 0 Å². The van der Waals surface area contributed by atoms with Gasteiger partial charge in [0, 0.05) is 69.0 Å². The van der Waals surface area contributed by atoms with Gasteiger partial charge in [-0.05, 0) is 110 Å². The van der Waals surface area contributed by atoms with Crippen molar-refractivity contribution in [2.24, 2.45) is 0 Å². The van der Waals surface area contributed by atoms with Gasteiger partial charge in [0.2, 0.25) is 0 Å². The summed E-state index contributed by atoms with van der Waals surface area (Å²) in [5.74, 6) is 0. The van der Waals surface area contributed by atoms with Crippen LogP contribution >= 0.6 is 22.7 Å². The number of hydrogen-bond acceptors (Lipinski definition) is 4. The van der Waals surface area contributed by atoms with Crippen molar-refractivity contribution >= 4 is 120 Å². The molecule has 0 bridgehead atoms. The van der Waals surface area contributed by atoms with Crippen molar-refractivity contribution in [3.05, 3.63) is 212 Å². The highest BCUT2D eigenvalue weighted by atomic mass is 32.1. The minimum absolute atomic E-state index is 1.04. The molecule has 63 heavy (non-hydrogen) atoms. The normalized spacial score (nSPS) is 12.2. The lowest BCUT2D eigenvalue weighted by molar-refractivity contribution is 1.31. The first-order valence-electron chi connectivity index (χ1n) is 21.4. The van der Waals surface area contributed by atoms with Crippen molar-refractivity contribution in [3.8, 4) is 33.4 Å². The summed E-state index contributed by atoms with van der Waals surface area (Å²) in [6.07, 6.45) is 0. The standard InChI is InChI=1S/C58H36BN2S2/c1-3-13-36(14-4-1)38-23-26-41(27-24-38)60-50-30-25-39-17-7-8-18-43(39)57(50)48-31-40(37-15-5-2-6-16-37)32-52-58(48)59-49-34-47-45-20-10-12-22-54(45)63-56(47)35-51(49)61(52)42-28-29-46-44-19-9-11-21-53(44)62-55(46)33-42/h1-35,60H. The molecule has 12 aromatic rings. The summed E-state index contributed by atoms with van der Waals surface area (Å²) in [7, 11) is 2.45. The molecule has 13 rings (SSSR count). The van der Waals surface area contributed by atoms with Crippen molar-refractivity contribution < 1.29 is 0 Å². The van der Waals surface area contributed by atoms with E-state index in [9.17, 15) is 0 Å². The number of rotatable bonds is 6. The monoisotopic (exact) mass is 835 g/mol. The number of nitrogens with one attached hydrogen (secondary N) is 1. The minimum Gasteiger partial charge on any atom is -0.355 e. The second-order valence-corrected chi connectivity index (χ2v) is 18.5. The molecule has 293 valence electrons. The van der Waals surface area contributed by atoms with Gasteiger partial charge in [0.1, 0.15) is 0 Å². The zero-order valence-corrected chi connectivity index (χ0v) is 35.7. The first kappa shape index (κ1) is 36.2. The van der Waals surface area contributed by atoms with Crippen LogP contribution in [0.5, 0.6) is 0 Å². The van der Waals surface area contributed by atoms with Gasteiger partial charge >= 0.3 is 0 Å². The molecule has 0 amide bonds. The molecule has 1 N–H and O–H groups in total. The Kier molecular flexibility index (Phi) is 8.40. The highest BCUT2D eigenvalue weighted by Crippen LogP contribution is 2.47. The van der Waals surface area contributed by atoms with Crippen LogP contribution in [0.15, 0.2) is 212 Å². The highest BCUT2D eigenvalue weighted by molar-refractivity contribution is 7.26. The van der Waals surface area contributed by atoms with Crippen LogP contribution in [0.25, 0.3) is 84.5 Å². The largest absolute Gasteiger partial charge is 0.355 e. The highest BCUT2D eigenvalue weighted by Gasteiger charge is 2.31. The van der Waals surface area contributed by atoms with E-state index < -0.39 is 0 Å². The molecule has 0 saturated carbocycles. The number of nitrogens with zero attached hydrogens (tertiary/aromatic N) is 1. The molecule has 3 heterocycles. The van der Waals surface area contributed by atoms with Gasteiger partial charge in [0.15, 0.2) is 7.28 Å². The van der Waals surface area contributed by atoms with Gasteiger partial charge in [-0.15, -0.1) is 22.7 Å². The molecule has 0 unspecified atom stereocenters. The Hall–Kier alpha value is -7.44. The molecule has 0 atom stereocenters. The van der Waals surface area contributed by atoms with Gasteiger partial charge in [0.05, 0.1) is 0 Å². The van der Waals surface area contributed by atoms with Crippen LogP contribution in [0, 0.1) is 0 Å². The third-order valence-corrected chi connectivity index (χ3v) is 14.9. The summed E-state index contributed by atoms with van der Waals surface area (Å²) >= 11 is 3.75. The van der Waals surface area contributed by atoms with E-state index in [-0.39, 0.29) is 0 Å². The van der Waals surface area contributed by atoms with E-state index in [1.807, 2.05) is 22.7 Å². The lowest BCUT2D eigenvalue weighted by atomic mass is 9.57. The molecular weight excluding hydrogens is 800 g/mol. The smallest absolute Gasteiger partial charge is 0.197 e. The van der Waals surface area contributed by atoms with Crippen LogP contribution < -0.4 is 21.1 Å². The lowest BCUT2D eigenvalue weighted by Gasteiger charge is -2.36. The summed E-state index contributed by atoms with van der Waals surface area (Å²) < 4.78 is 5.19. The first-order chi connectivity index (χ1) is 31.2. The van der Waals surface area contributed by atoms with Gasteiger partial charge in [-0.2, -0.15) is 0 Å². The predicted molar refractivity (Wildman–Crippen MR) is 275 cm³/mol. The summed E-state index contributed by atoms with van der Waals surface area (Å²) in [4.78, 5) is 2.54. The molecule has 0 aliphatic carbocycles. The van der Waals surface area contributed by atoms with Crippen LogP contribution in [0.2, 0.25) is 0 Å². The molecule has 10 aromatic carbocycles. The molecule has 0 fully saturated rings. The van der Waals surface area contributed by atoms with E-state index >= 15 is 0 Å². The van der Waals surface area contributed by atoms with Gasteiger partial charge in [-0.25, -0.2) is 0 Å². The number of fused-ring (bicyclic) bond motifs is 9. The van der Waals surface area contributed by atoms with E-state index in [0.29, 0.717) is 0 Å². The Morgan fingerprint density at radius 1 is 0.397 bits per heavy atom. The maximum Gasteiger partial charge on any atom is 0.197 e. The van der Waals surface area contributed by atoms with Crippen LogP contribution in [0.3, 0.4) is 0 Å². The average Bonchev–Trinajstić information content (AvgIpc) is 3.90. The molecule has 1 radical (unpaired) electrons. The zero-order valence-electron chi connectivity index (χ0n) is 34.0. The third kappa shape index (κ3) is 6.07. The minimum atomic E-state index is 1.04. The van der Waals surface area contributed by atoms with Crippen molar-refractivity contribution in [1.29, 1.82) is 0 Å². The number of hydrogen-bond donors (Lipinski definition) is 1. The van der Waals surface area contributed by atoms with Crippen molar-refractivity contribution in [3.63, 3.8) is 0 Å². The Morgan fingerprint density at radius 3 is 1.75 bits per heavy atom. The summed E-state index contributed by atoms with van der Waals surface area (Å²) in [5.41, 5.74) is 15.1. The molecular formula is C58H36BN2S2. The van der Waals surface area contributed by atoms with Crippen molar-refractivity contribution in [2.75, 3.05) is 10.2 Å². The van der Waals surface area contributed by atoms with Gasteiger partial charge in [0.25, 0.3) is 0 Å². The molecule has 1 aliphatic rings. The summed E-state index contributed by atoms with van der Waals surface area (Å²) in [6.45, 7) is 0. The fourth-order valence-electron chi connectivity index (χ4n) is 9.68. The second-order valence-electron chi connectivity index (χ2n) is 16.4. The van der Waals surface area contributed by atoms with Crippen LogP contribution in [-0.2, 0) is 0 Å². The van der Waals surface area contributed by atoms with Gasteiger partial charge in [-0.3, -0.25) is 0 Å². The molecule has 5 heteroatoms. The summed E-state index contributed by atoms with van der Waals surface area (Å²) in [6, 6.07) is 78.0. The molecule has 2 aromatic heterocycles. The fraction of sp³-hybridized carbons (Fsp3) is 0. The second kappa shape index (κ2) is 14.6. The maximum atomic E-state index is 3.92. The quantitative estimate of drug-likeness (QED) is 0.168. The molecule has 1 aliphatic heterocycles. The third-order valence-electron chi connectivity index (χ3n) is 12.7. The zero-order chi connectivity index (χ0) is 41.4. The van der Waals surface area contributed by atoms with E-state index in [1.165, 1.54) is 101 Å². The topological polar surface area (TPSA) is 15.3 Å². The molecule has 2 nitrogen and oxygen atoms in total. The Morgan fingerprint density at radius 2 is 1.00 bits per heavy atom. The van der Waals surface area contributed by atoms with E-state index in [2.05, 4.69) is 230 Å². The van der Waals surface area contributed by atoms with Crippen molar-refractivity contribution in [1.82, 2.24) is 0 Å². The van der Waals surface area contributed by atoms with Gasteiger partial charge in [-0.1, -0.05) is 157 Å². The number of thiophene rings is 2. The van der Waals surface area contributed by atoms with E-state index in [4.69, 9.17) is 0 Å². The Bertz CT molecular complexity index is 3740. The predicted octanol–water partition coefficient (Wildman–Crippen LogP) is 15.8. The summed E-state index contributed by atoms with van der Waals surface area (Å²) in [5, 5.41) is 11.5. The lowest BCUT2D eigenvalue weighted by Crippen LogP contribution is -2.41. The number of anilines is 5. The Labute approximate surface area is 374 Å². The number of benzene rings is 10. The van der Waals surface area contributed by atoms with Crippen LogP contribution in [0.4, 0.5) is 28.4 Å². The van der Waals surface area contributed by atoms with Crippen LogP contribution in [-0.4, -0.2) is 7.28 Å². The van der Waals surface area contributed by atoms with Gasteiger partial charge < -0.3 is 10.2 Å². The average molecular weight is 836 g/mol. The van der Waals surface area contributed by atoms with E-state index in [0.717, 1.165) is 22.7 Å². The maximum absolute atomic E-state index is 3.92. The van der Waals surface area contributed by atoms with E-state index in [1.54, 1.807) is 0 Å². The fourth-order valence-corrected chi connectivity index (χ4v) is 11.9.